The molecule has 4 rings (SSSR count). The lowest BCUT2D eigenvalue weighted by molar-refractivity contribution is -0.137. The van der Waals surface area contributed by atoms with Crippen molar-refractivity contribution in [2.75, 3.05) is 5.32 Å². The number of rotatable bonds is 5. The average Bonchev–Trinajstić information content (AvgIpc) is 2.84. The number of anilines is 1. The Morgan fingerprint density at radius 1 is 1.09 bits per heavy atom. The predicted molar refractivity (Wildman–Crippen MR) is 121 cm³/mol. The zero-order chi connectivity index (χ0) is 24.1. The highest BCUT2D eigenvalue weighted by molar-refractivity contribution is 5.92. The summed E-state index contributed by atoms with van der Waals surface area (Å²) in [7, 11) is 0. The van der Waals surface area contributed by atoms with Crippen LogP contribution in [0.3, 0.4) is 0 Å². The molecule has 1 saturated carbocycles. The molecular weight excluding hydrogens is 443 g/mol. The highest BCUT2D eigenvalue weighted by atomic mass is 19.4. The maximum atomic E-state index is 12.7. The number of halogens is 3. The number of hydrogen-bond donors (Lipinski definition) is 1. The Labute approximate surface area is 195 Å². The van der Waals surface area contributed by atoms with Crippen molar-refractivity contribution >= 4 is 17.2 Å². The van der Waals surface area contributed by atoms with Gasteiger partial charge in [-0.2, -0.15) is 23.4 Å². The first-order valence-electron chi connectivity index (χ1n) is 11.0. The SMILES string of the molecule is CC(=C1CCC(C(=O)Nc2cccnc2)CC1)c1cnnc(Cc2ccc(C(F)(F)F)cn2)c1. The number of allylic oxidation sites excluding steroid dienone is 2. The molecule has 1 fully saturated rings. The van der Waals surface area contributed by atoms with Gasteiger partial charge < -0.3 is 5.32 Å². The molecule has 3 aromatic rings. The van der Waals surface area contributed by atoms with E-state index in [0.717, 1.165) is 49.1 Å². The standard InChI is InChI=1S/C25H24F3N5O/c1-16(17-4-6-18(7-5-17)24(34)32-22-3-2-10-29-15-22)19-11-23(33-31-13-19)12-21-9-8-20(14-30-21)25(26,27)28/h2-3,8-11,13-15,18H,4-7,12H2,1H3,(H,32,34). The molecule has 9 heteroatoms. The zero-order valence-corrected chi connectivity index (χ0v) is 18.6. The average molecular weight is 467 g/mol. The Kier molecular flexibility index (Phi) is 7.00. The summed E-state index contributed by atoms with van der Waals surface area (Å²) in [5.74, 6) is -0.0322. The minimum absolute atomic E-state index is 0.0154. The summed E-state index contributed by atoms with van der Waals surface area (Å²) in [6.45, 7) is 2.03. The van der Waals surface area contributed by atoms with E-state index in [2.05, 4.69) is 25.5 Å². The summed E-state index contributed by atoms with van der Waals surface area (Å²) in [5, 5.41) is 11.1. The second kappa shape index (κ2) is 10.1. The number of carbonyl (C=O) groups is 1. The molecule has 34 heavy (non-hydrogen) atoms. The van der Waals surface area contributed by atoms with Gasteiger partial charge in [0.15, 0.2) is 0 Å². The van der Waals surface area contributed by atoms with Crippen LogP contribution in [-0.4, -0.2) is 26.1 Å². The molecule has 1 aliphatic rings. The summed E-state index contributed by atoms with van der Waals surface area (Å²) < 4.78 is 38.2. The van der Waals surface area contributed by atoms with Crippen LogP contribution in [0.5, 0.6) is 0 Å². The smallest absolute Gasteiger partial charge is 0.324 e. The van der Waals surface area contributed by atoms with Crippen LogP contribution < -0.4 is 5.32 Å². The van der Waals surface area contributed by atoms with E-state index in [4.69, 9.17) is 0 Å². The van der Waals surface area contributed by atoms with Crippen molar-refractivity contribution in [3.05, 3.63) is 83.2 Å². The fraction of sp³-hybridized carbons (Fsp3) is 0.320. The minimum atomic E-state index is -4.41. The van der Waals surface area contributed by atoms with Crippen molar-refractivity contribution in [1.29, 1.82) is 0 Å². The number of nitrogens with zero attached hydrogens (tertiary/aromatic N) is 4. The van der Waals surface area contributed by atoms with E-state index in [1.54, 1.807) is 24.7 Å². The first kappa shape index (κ1) is 23.5. The largest absolute Gasteiger partial charge is 0.417 e. The minimum Gasteiger partial charge on any atom is -0.324 e. The van der Waals surface area contributed by atoms with Gasteiger partial charge in [0.25, 0.3) is 0 Å². The van der Waals surface area contributed by atoms with E-state index in [1.165, 1.54) is 11.6 Å². The van der Waals surface area contributed by atoms with Crippen molar-refractivity contribution in [3.63, 3.8) is 0 Å². The van der Waals surface area contributed by atoms with Crippen LogP contribution in [0.1, 0.15) is 55.1 Å². The summed E-state index contributed by atoms with van der Waals surface area (Å²) >= 11 is 0. The van der Waals surface area contributed by atoms with Gasteiger partial charge in [0.2, 0.25) is 5.91 Å². The highest BCUT2D eigenvalue weighted by Gasteiger charge is 2.30. The second-order valence-electron chi connectivity index (χ2n) is 8.38. The number of carbonyl (C=O) groups excluding carboxylic acids is 1. The van der Waals surface area contributed by atoms with Crippen LogP contribution in [-0.2, 0) is 17.4 Å². The zero-order valence-electron chi connectivity index (χ0n) is 18.6. The molecule has 176 valence electrons. The third-order valence-electron chi connectivity index (χ3n) is 6.07. The molecule has 0 radical (unpaired) electrons. The maximum Gasteiger partial charge on any atom is 0.417 e. The quantitative estimate of drug-likeness (QED) is 0.538. The Morgan fingerprint density at radius 2 is 1.88 bits per heavy atom. The number of pyridine rings is 2. The molecule has 0 atom stereocenters. The van der Waals surface area contributed by atoms with Gasteiger partial charge in [0.05, 0.1) is 29.3 Å². The maximum absolute atomic E-state index is 12.7. The van der Waals surface area contributed by atoms with Gasteiger partial charge in [-0.05, 0) is 74.1 Å². The molecule has 3 aromatic heterocycles. The van der Waals surface area contributed by atoms with Gasteiger partial charge >= 0.3 is 6.18 Å². The van der Waals surface area contributed by atoms with Crippen molar-refractivity contribution in [2.24, 2.45) is 5.92 Å². The Bertz CT molecular complexity index is 1170. The molecule has 0 unspecified atom stereocenters. The Balaban J connectivity index is 1.39. The third kappa shape index (κ3) is 5.84. The van der Waals surface area contributed by atoms with E-state index in [0.29, 0.717) is 17.1 Å². The lowest BCUT2D eigenvalue weighted by atomic mass is 9.82. The summed E-state index contributed by atoms with van der Waals surface area (Å²) in [4.78, 5) is 20.5. The number of aromatic nitrogens is 4. The van der Waals surface area contributed by atoms with E-state index >= 15 is 0 Å². The normalized spacial score (nSPS) is 16.2. The molecule has 0 aliphatic heterocycles. The van der Waals surface area contributed by atoms with Crippen LogP contribution >= 0.6 is 0 Å². The molecule has 0 spiro atoms. The second-order valence-corrected chi connectivity index (χ2v) is 8.38. The molecule has 6 nitrogen and oxygen atoms in total. The predicted octanol–water partition coefficient (Wildman–Crippen LogP) is 5.48. The number of hydrogen-bond acceptors (Lipinski definition) is 5. The molecule has 0 aromatic carbocycles. The fourth-order valence-electron chi connectivity index (χ4n) is 4.07. The summed E-state index contributed by atoms with van der Waals surface area (Å²) in [6.07, 6.45) is 4.85. The van der Waals surface area contributed by atoms with Crippen molar-refractivity contribution < 1.29 is 18.0 Å². The van der Waals surface area contributed by atoms with E-state index < -0.39 is 11.7 Å². The molecular formula is C25H24F3N5O. The van der Waals surface area contributed by atoms with Gasteiger partial charge in [0.1, 0.15) is 0 Å². The first-order chi connectivity index (χ1) is 16.3. The van der Waals surface area contributed by atoms with E-state index in [1.807, 2.05) is 19.1 Å². The van der Waals surface area contributed by atoms with Crippen LogP contribution in [0.4, 0.5) is 18.9 Å². The Morgan fingerprint density at radius 3 is 2.53 bits per heavy atom. The van der Waals surface area contributed by atoms with E-state index in [9.17, 15) is 18.0 Å². The van der Waals surface area contributed by atoms with E-state index in [-0.39, 0.29) is 18.2 Å². The summed E-state index contributed by atoms with van der Waals surface area (Å²) in [6, 6.07) is 7.88. The van der Waals surface area contributed by atoms with Gasteiger partial charge in [0, 0.05) is 30.4 Å². The monoisotopic (exact) mass is 467 g/mol. The van der Waals surface area contributed by atoms with Crippen LogP contribution in [0.25, 0.3) is 5.57 Å². The number of amides is 1. The topological polar surface area (TPSA) is 80.7 Å². The van der Waals surface area contributed by atoms with Crippen LogP contribution in [0.15, 0.2) is 60.7 Å². The Hall–Kier alpha value is -3.62. The fourth-order valence-corrected chi connectivity index (χ4v) is 4.07. The van der Waals surface area contributed by atoms with Crippen LogP contribution in [0.2, 0.25) is 0 Å². The molecule has 1 N–H and O–H groups in total. The first-order valence-corrected chi connectivity index (χ1v) is 11.0. The van der Waals surface area contributed by atoms with Gasteiger partial charge in [-0.15, -0.1) is 0 Å². The number of nitrogens with one attached hydrogen (secondary N) is 1. The highest BCUT2D eigenvalue weighted by Crippen LogP contribution is 2.34. The molecule has 0 saturated heterocycles. The van der Waals surface area contributed by atoms with Crippen LogP contribution in [0, 0.1) is 5.92 Å². The lowest BCUT2D eigenvalue weighted by Gasteiger charge is -2.25. The lowest BCUT2D eigenvalue weighted by Crippen LogP contribution is -2.25. The van der Waals surface area contributed by atoms with Crippen molar-refractivity contribution in [1.82, 2.24) is 20.2 Å². The summed E-state index contributed by atoms with van der Waals surface area (Å²) in [5.41, 5.74) is 4.34. The number of alkyl halides is 3. The molecule has 3 heterocycles. The molecule has 1 aliphatic carbocycles. The van der Waals surface area contributed by atoms with Gasteiger partial charge in [-0.1, -0.05) is 5.57 Å². The van der Waals surface area contributed by atoms with Gasteiger partial charge in [-0.3, -0.25) is 14.8 Å². The third-order valence-corrected chi connectivity index (χ3v) is 6.07. The van der Waals surface area contributed by atoms with Gasteiger partial charge in [-0.25, -0.2) is 0 Å². The van der Waals surface area contributed by atoms with Crippen molar-refractivity contribution in [3.8, 4) is 0 Å². The van der Waals surface area contributed by atoms with Crippen molar-refractivity contribution in [2.45, 2.75) is 45.2 Å². The molecule has 1 amide bonds. The molecule has 0 bridgehead atoms.